The first kappa shape index (κ1) is 12.0. The summed E-state index contributed by atoms with van der Waals surface area (Å²) in [5, 5.41) is 3.42. The predicted octanol–water partition coefficient (Wildman–Crippen LogP) is 1.18. The molecule has 1 aliphatic heterocycles. The number of hydrogen-bond acceptors (Lipinski definition) is 5. The lowest BCUT2D eigenvalue weighted by Gasteiger charge is -2.30. The molecule has 1 atom stereocenters. The second-order valence-corrected chi connectivity index (χ2v) is 4.54. The van der Waals surface area contributed by atoms with Gasteiger partial charge in [0.2, 0.25) is 5.88 Å². The summed E-state index contributed by atoms with van der Waals surface area (Å²) in [6.07, 6.45) is 2.40. The number of piperidine rings is 1. The van der Waals surface area contributed by atoms with Crippen molar-refractivity contribution in [2.45, 2.75) is 18.9 Å². The third-order valence-electron chi connectivity index (χ3n) is 3.06. The van der Waals surface area contributed by atoms with Crippen LogP contribution in [0.4, 0.5) is 11.5 Å². The van der Waals surface area contributed by atoms with Gasteiger partial charge in [-0.2, -0.15) is 4.98 Å². The number of aromatic nitrogens is 1. The molecule has 0 radical (unpaired) electrons. The van der Waals surface area contributed by atoms with Gasteiger partial charge in [-0.3, -0.25) is 0 Å². The number of pyridine rings is 1. The smallest absolute Gasteiger partial charge is 0.238 e. The SMILES string of the molecule is COc1nc(NC2CCCN(C)C2)ccc1N. The number of likely N-dealkylation sites (N-methyl/N-ethyl adjacent to an activating group) is 1. The number of nitrogen functional groups attached to an aromatic ring is 1. The molecule has 3 N–H and O–H groups in total. The first-order valence-corrected chi connectivity index (χ1v) is 5.94. The molecule has 0 aromatic carbocycles. The molecule has 1 unspecified atom stereocenters. The van der Waals surface area contributed by atoms with Crippen LogP contribution in [-0.2, 0) is 0 Å². The molecular weight excluding hydrogens is 216 g/mol. The molecular formula is C12H20N4O. The van der Waals surface area contributed by atoms with E-state index < -0.39 is 0 Å². The first-order chi connectivity index (χ1) is 8.19. The van der Waals surface area contributed by atoms with E-state index in [-0.39, 0.29) is 0 Å². The highest BCUT2D eigenvalue weighted by Crippen LogP contribution is 2.21. The number of ether oxygens (including phenoxy) is 1. The quantitative estimate of drug-likeness (QED) is 0.825. The minimum Gasteiger partial charge on any atom is -0.479 e. The van der Waals surface area contributed by atoms with E-state index in [1.807, 2.05) is 12.1 Å². The van der Waals surface area contributed by atoms with Gasteiger partial charge in [0.05, 0.1) is 12.8 Å². The van der Waals surface area contributed by atoms with Gasteiger partial charge in [-0.25, -0.2) is 0 Å². The van der Waals surface area contributed by atoms with Crippen LogP contribution in [0.15, 0.2) is 12.1 Å². The van der Waals surface area contributed by atoms with Gasteiger partial charge in [0.15, 0.2) is 0 Å². The second-order valence-electron chi connectivity index (χ2n) is 4.54. The monoisotopic (exact) mass is 236 g/mol. The van der Waals surface area contributed by atoms with E-state index in [2.05, 4.69) is 22.2 Å². The summed E-state index contributed by atoms with van der Waals surface area (Å²) in [6.45, 7) is 2.23. The topological polar surface area (TPSA) is 63.4 Å². The molecule has 94 valence electrons. The second kappa shape index (κ2) is 5.23. The standard InChI is InChI=1S/C12H20N4O/c1-16-7-3-4-9(8-16)14-11-6-5-10(13)12(15-11)17-2/h5-6,9H,3-4,7-8,13H2,1-2H3,(H,14,15). The number of anilines is 2. The highest BCUT2D eigenvalue weighted by Gasteiger charge is 2.17. The summed E-state index contributed by atoms with van der Waals surface area (Å²) < 4.78 is 5.11. The summed E-state index contributed by atoms with van der Waals surface area (Å²) in [6, 6.07) is 4.17. The Morgan fingerprint density at radius 2 is 2.35 bits per heavy atom. The molecule has 17 heavy (non-hydrogen) atoms. The van der Waals surface area contributed by atoms with E-state index in [0.717, 1.165) is 12.4 Å². The summed E-state index contributed by atoms with van der Waals surface area (Å²) in [5.41, 5.74) is 6.30. The fourth-order valence-electron chi connectivity index (χ4n) is 2.19. The third-order valence-corrected chi connectivity index (χ3v) is 3.06. The fourth-order valence-corrected chi connectivity index (χ4v) is 2.19. The minimum atomic E-state index is 0.453. The van der Waals surface area contributed by atoms with Crippen molar-refractivity contribution in [2.75, 3.05) is 38.3 Å². The molecule has 0 amide bonds. The van der Waals surface area contributed by atoms with Crippen LogP contribution >= 0.6 is 0 Å². The van der Waals surface area contributed by atoms with Crippen molar-refractivity contribution in [3.8, 4) is 5.88 Å². The molecule has 2 heterocycles. The molecule has 5 heteroatoms. The Labute approximate surface area is 102 Å². The van der Waals surface area contributed by atoms with E-state index in [4.69, 9.17) is 10.5 Å². The van der Waals surface area contributed by atoms with Gasteiger partial charge >= 0.3 is 0 Å². The number of rotatable bonds is 3. The number of nitrogens with two attached hydrogens (primary N) is 1. The lowest BCUT2D eigenvalue weighted by Crippen LogP contribution is -2.39. The molecule has 1 aliphatic rings. The maximum Gasteiger partial charge on any atom is 0.238 e. The average Bonchev–Trinajstić information content (AvgIpc) is 2.32. The maximum absolute atomic E-state index is 5.73. The van der Waals surface area contributed by atoms with Crippen molar-refractivity contribution in [1.82, 2.24) is 9.88 Å². The third kappa shape index (κ3) is 3.00. The maximum atomic E-state index is 5.73. The lowest BCUT2D eigenvalue weighted by atomic mass is 10.1. The van der Waals surface area contributed by atoms with Crippen LogP contribution in [0.25, 0.3) is 0 Å². The van der Waals surface area contributed by atoms with Crippen molar-refractivity contribution in [3.63, 3.8) is 0 Å². The number of nitrogens with zero attached hydrogens (tertiary/aromatic N) is 2. The number of methoxy groups -OCH3 is 1. The Balaban J connectivity index is 2.02. The Bertz CT molecular complexity index is 383. The molecule has 0 aliphatic carbocycles. The van der Waals surface area contributed by atoms with E-state index in [0.29, 0.717) is 17.6 Å². The van der Waals surface area contributed by atoms with Gasteiger partial charge in [0, 0.05) is 12.6 Å². The predicted molar refractivity (Wildman–Crippen MR) is 69.3 cm³/mol. The van der Waals surface area contributed by atoms with Crippen LogP contribution in [0.1, 0.15) is 12.8 Å². The molecule has 1 fully saturated rings. The Morgan fingerprint density at radius 3 is 3.06 bits per heavy atom. The zero-order valence-electron chi connectivity index (χ0n) is 10.4. The lowest BCUT2D eigenvalue weighted by molar-refractivity contribution is 0.260. The molecule has 1 aromatic rings. The summed E-state index contributed by atoms with van der Waals surface area (Å²) in [7, 11) is 3.72. The number of hydrogen-bond donors (Lipinski definition) is 2. The van der Waals surface area contributed by atoms with Gasteiger partial charge in [0.25, 0.3) is 0 Å². The molecule has 5 nitrogen and oxygen atoms in total. The molecule has 1 aromatic heterocycles. The van der Waals surface area contributed by atoms with Crippen molar-refractivity contribution in [3.05, 3.63) is 12.1 Å². The van der Waals surface area contributed by atoms with E-state index >= 15 is 0 Å². The minimum absolute atomic E-state index is 0.453. The highest BCUT2D eigenvalue weighted by molar-refractivity contribution is 5.53. The Kier molecular flexibility index (Phi) is 3.68. The van der Waals surface area contributed by atoms with Crippen LogP contribution in [0.3, 0.4) is 0 Å². The zero-order valence-corrected chi connectivity index (χ0v) is 10.4. The molecule has 0 bridgehead atoms. The van der Waals surface area contributed by atoms with Gasteiger partial charge in [0.1, 0.15) is 5.82 Å². The molecule has 0 saturated carbocycles. The number of likely N-dealkylation sites (tertiary alicyclic amines) is 1. The summed E-state index contributed by atoms with van der Waals surface area (Å²) in [4.78, 5) is 6.66. The largest absolute Gasteiger partial charge is 0.479 e. The number of nitrogens with one attached hydrogen (secondary N) is 1. The van der Waals surface area contributed by atoms with E-state index in [9.17, 15) is 0 Å². The molecule has 0 spiro atoms. The Hall–Kier alpha value is -1.49. The van der Waals surface area contributed by atoms with Crippen LogP contribution in [0, 0.1) is 0 Å². The van der Waals surface area contributed by atoms with Gasteiger partial charge < -0.3 is 20.7 Å². The van der Waals surface area contributed by atoms with Crippen molar-refractivity contribution in [2.24, 2.45) is 0 Å². The van der Waals surface area contributed by atoms with Crippen LogP contribution in [0.2, 0.25) is 0 Å². The van der Waals surface area contributed by atoms with Gasteiger partial charge in [-0.1, -0.05) is 0 Å². The van der Waals surface area contributed by atoms with Crippen molar-refractivity contribution >= 4 is 11.5 Å². The fraction of sp³-hybridized carbons (Fsp3) is 0.583. The van der Waals surface area contributed by atoms with Crippen LogP contribution < -0.4 is 15.8 Å². The van der Waals surface area contributed by atoms with Crippen LogP contribution in [0.5, 0.6) is 5.88 Å². The van der Waals surface area contributed by atoms with Crippen molar-refractivity contribution < 1.29 is 4.74 Å². The average molecular weight is 236 g/mol. The van der Waals surface area contributed by atoms with E-state index in [1.165, 1.54) is 19.4 Å². The normalized spacial score (nSPS) is 21.2. The summed E-state index contributed by atoms with van der Waals surface area (Å²) in [5.74, 6) is 1.32. The summed E-state index contributed by atoms with van der Waals surface area (Å²) >= 11 is 0. The Morgan fingerprint density at radius 1 is 1.53 bits per heavy atom. The highest BCUT2D eigenvalue weighted by atomic mass is 16.5. The van der Waals surface area contributed by atoms with Gasteiger partial charge in [-0.05, 0) is 38.6 Å². The van der Waals surface area contributed by atoms with E-state index in [1.54, 1.807) is 7.11 Å². The zero-order chi connectivity index (χ0) is 12.3. The first-order valence-electron chi connectivity index (χ1n) is 5.94. The van der Waals surface area contributed by atoms with Gasteiger partial charge in [-0.15, -0.1) is 0 Å². The van der Waals surface area contributed by atoms with Crippen molar-refractivity contribution in [1.29, 1.82) is 0 Å². The molecule has 2 rings (SSSR count). The molecule has 1 saturated heterocycles. The van der Waals surface area contributed by atoms with Crippen LogP contribution in [-0.4, -0.2) is 43.2 Å².